The number of aromatic nitrogens is 3. The molecule has 36 heavy (non-hydrogen) atoms. The van der Waals surface area contributed by atoms with Crippen molar-refractivity contribution in [3.63, 3.8) is 0 Å². The van der Waals surface area contributed by atoms with E-state index in [1.165, 1.54) is 0 Å². The number of carbonyl (C=O) groups is 2. The van der Waals surface area contributed by atoms with Crippen LogP contribution in [-0.4, -0.2) is 38.1 Å². The second-order valence-electron chi connectivity index (χ2n) is 8.48. The maximum atomic E-state index is 13.4. The van der Waals surface area contributed by atoms with Gasteiger partial charge in [0.1, 0.15) is 0 Å². The van der Waals surface area contributed by atoms with Crippen LogP contribution in [0.1, 0.15) is 45.7 Å². The van der Waals surface area contributed by atoms with Gasteiger partial charge in [0, 0.05) is 42.9 Å². The van der Waals surface area contributed by atoms with Crippen LogP contribution in [0, 0.1) is 6.92 Å². The van der Waals surface area contributed by atoms with E-state index in [2.05, 4.69) is 28.3 Å². The van der Waals surface area contributed by atoms with E-state index in [-0.39, 0.29) is 11.5 Å². The normalized spacial score (nSPS) is 10.8. The van der Waals surface area contributed by atoms with Gasteiger partial charge in [-0.2, -0.15) is 0 Å². The highest BCUT2D eigenvalue weighted by molar-refractivity contribution is 6.06. The standard InChI is InChI=1S/C28H29N5O3/c1-5-19-9-7-8-10-24(19)33(6-2)26(34)20-11-12-22(18(3)15-20)30-28-29-14-13-23(31-28)25-16-21(27(35)36)17-32(25)4/h7-17H,5-6H2,1-4H3,(H,35,36)(H,29,30,31). The Morgan fingerprint density at radius 1 is 1.06 bits per heavy atom. The highest BCUT2D eigenvalue weighted by Gasteiger charge is 2.19. The molecule has 0 saturated carbocycles. The summed E-state index contributed by atoms with van der Waals surface area (Å²) in [6.45, 7) is 6.55. The Labute approximate surface area is 210 Å². The molecule has 2 heterocycles. The summed E-state index contributed by atoms with van der Waals surface area (Å²) >= 11 is 0. The Morgan fingerprint density at radius 3 is 2.50 bits per heavy atom. The molecule has 0 spiro atoms. The number of para-hydroxylation sites is 1. The van der Waals surface area contributed by atoms with Crippen molar-refractivity contribution in [1.29, 1.82) is 0 Å². The van der Waals surface area contributed by atoms with Gasteiger partial charge in [0.25, 0.3) is 5.91 Å². The van der Waals surface area contributed by atoms with Gasteiger partial charge < -0.3 is 19.9 Å². The number of amides is 1. The summed E-state index contributed by atoms with van der Waals surface area (Å²) in [4.78, 5) is 35.4. The van der Waals surface area contributed by atoms with E-state index in [1.807, 2.05) is 44.2 Å². The summed E-state index contributed by atoms with van der Waals surface area (Å²) in [5.41, 5.74) is 5.78. The van der Waals surface area contributed by atoms with E-state index in [1.54, 1.807) is 47.1 Å². The van der Waals surface area contributed by atoms with Crippen LogP contribution in [0.3, 0.4) is 0 Å². The fourth-order valence-corrected chi connectivity index (χ4v) is 4.21. The van der Waals surface area contributed by atoms with Crippen molar-refractivity contribution in [3.8, 4) is 11.4 Å². The predicted molar refractivity (Wildman–Crippen MR) is 141 cm³/mol. The van der Waals surface area contributed by atoms with Crippen LogP contribution in [0.4, 0.5) is 17.3 Å². The lowest BCUT2D eigenvalue weighted by molar-refractivity contribution is 0.0696. The second kappa shape index (κ2) is 10.4. The molecule has 4 aromatic rings. The zero-order valence-electron chi connectivity index (χ0n) is 20.8. The number of aromatic carboxylic acids is 1. The molecule has 0 unspecified atom stereocenters. The van der Waals surface area contributed by atoms with Crippen LogP contribution < -0.4 is 10.2 Å². The minimum absolute atomic E-state index is 0.0516. The molecular weight excluding hydrogens is 454 g/mol. The lowest BCUT2D eigenvalue weighted by Gasteiger charge is -2.24. The summed E-state index contributed by atoms with van der Waals surface area (Å²) < 4.78 is 1.72. The van der Waals surface area contributed by atoms with Crippen LogP contribution in [0.15, 0.2) is 67.0 Å². The van der Waals surface area contributed by atoms with Gasteiger partial charge in [0.2, 0.25) is 5.95 Å². The smallest absolute Gasteiger partial charge is 0.337 e. The first kappa shape index (κ1) is 24.7. The number of hydrogen-bond acceptors (Lipinski definition) is 5. The van der Waals surface area contributed by atoms with Crippen molar-refractivity contribution in [3.05, 3.63) is 89.2 Å². The van der Waals surface area contributed by atoms with Crippen LogP contribution in [0.5, 0.6) is 0 Å². The van der Waals surface area contributed by atoms with E-state index in [0.717, 1.165) is 28.9 Å². The Kier molecular flexibility index (Phi) is 7.15. The summed E-state index contributed by atoms with van der Waals surface area (Å²) in [6.07, 6.45) is 4.02. The lowest BCUT2D eigenvalue weighted by Crippen LogP contribution is -2.31. The van der Waals surface area contributed by atoms with Crippen LogP contribution >= 0.6 is 0 Å². The summed E-state index contributed by atoms with van der Waals surface area (Å²) in [5, 5.41) is 12.5. The summed E-state index contributed by atoms with van der Waals surface area (Å²) in [7, 11) is 1.77. The molecule has 4 rings (SSSR count). The second-order valence-corrected chi connectivity index (χ2v) is 8.48. The monoisotopic (exact) mass is 483 g/mol. The third-order valence-corrected chi connectivity index (χ3v) is 6.11. The van der Waals surface area contributed by atoms with E-state index in [0.29, 0.717) is 29.4 Å². The molecule has 0 atom stereocenters. The molecule has 0 saturated heterocycles. The first-order valence-corrected chi connectivity index (χ1v) is 11.8. The SMILES string of the molecule is CCc1ccccc1N(CC)C(=O)c1ccc(Nc2nccc(-c3cc(C(=O)O)cn3C)n2)c(C)c1. The molecule has 8 heteroatoms. The molecule has 0 aliphatic heterocycles. The van der Waals surface area contributed by atoms with Gasteiger partial charge in [-0.15, -0.1) is 0 Å². The van der Waals surface area contributed by atoms with Gasteiger partial charge >= 0.3 is 5.97 Å². The maximum absolute atomic E-state index is 13.4. The van der Waals surface area contributed by atoms with Crippen molar-refractivity contribution in [2.75, 3.05) is 16.8 Å². The number of hydrogen-bond donors (Lipinski definition) is 2. The number of anilines is 3. The minimum atomic E-state index is -0.991. The largest absolute Gasteiger partial charge is 0.478 e. The number of nitrogens with zero attached hydrogens (tertiary/aromatic N) is 4. The average molecular weight is 484 g/mol. The number of benzene rings is 2. The van der Waals surface area contributed by atoms with Crippen LogP contribution in [0.2, 0.25) is 0 Å². The number of carbonyl (C=O) groups excluding carboxylic acids is 1. The quantitative estimate of drug-likeness (QED) is 0.345. The van der Waals surface area contributed by atoms with Crippen LogP contribution in [0.25, 0.3) is 11.4 Å². The molecule has 0 bridgehead atoms. The van der Waals surface area contributed by atoms with E-state index < -0.39 is 5.97 Å². The van der Waals surface area contributed by atoms with Crippen LogP contribution in [-0.2, 0) is 13.5 Å². The van der Waals surface area contributed by atoms with Gasteiger partial charge in [-0.25, -0.2) is 14.8 Å². The third kappa shape index (κ3) is 4.98. The predicted octanol–water partition coefficient (Wildman–Crippen LogP) is 5.46. The van der Waals surface area contributed by atoms with Crippen molar-refractivity contribution in [2.45, 2.75) is 27.2 Å². The van der Waals surface area contributed by atoms with Crippen molar-refractivity contribution < 1.29 is 14.7 Å². The molecular formula is C28H29N5O3. The fraction of sp³-hybridized carbons (Fsp3) is 0.214. The maximum Gasteiger partial charge on any atom is 0.337 e. The number of rotatable bonds is 8. The molecule has 1 amide bonds. The highest BCUT2D eigenvalue weighted by Crippen LogP contribution is 2.26. The van der Waals surface area contributed by atoms with E-state index in [9.17, 15) is 14.7 Å². The van der Waals surface area contributed by atoms with Gasteiger partial charge in [-0.1, -0.05) is 25.1 Å². The van der Waals surface area contributed by atoms with Gasteiger partial charge in [-0.3, -0.25) is 4.79 Å². The topological polar surface area (TPSA) is 100 Å². The van der Waals surface area contributed by atoms with Crippen molar-refractivity contribution in [2.24, 2.45) is 7.05 Å². The highest BCUT2D eigenvalue weighted by atomic mass is 16.4. The molecule has 0 radical (unpaired) electrons. The fourth-order valence-electron chi connectivity index (χ4n) is 4.21. The third-order valence-electron chi connectivity index (χ3n) is 6.11. The molecule has 2 N–H and O–H groups in total. The summed E-state index contributed by atoms with van der Waals surface area (Å²) in [5.74, 6) is -0.668. The first-order chi connectivity index (χ1) is 17.3. The van der Waals surface area contributed by atoms with Gasteiger partial charge in [-0.05, 0) is 67.8 Å². The molecule has 184 valence electrons. The van der Waals surface area contributed by atoms with E-state index in [4.69, 9.17) is 0 Å². The number of aryl methyl sites for hydroxylation is 3. The molecule has 0 fully saturated rings. The molecule has 2 aromatic heterocycles. The molecule has 2 aromatic carbocycles. The minimum Gasteiger partial charge on any atom is -0.478 e. The Hall–Kier alpha value is -4.46. The number of nitrogens with one attached hydrogen (secondary N) is 1. The van der Waals surface area contributed by atoms with E-state index >= 15 is 0 Å². The van der Waals surface area contributed by atoms with Gasteiger partial charge in [0.15, 0.2) is 0 Å². The Morgan fingerprint density at radius 2 is 1.83 bits per heavy atom. The summed E-state index contributed by atoms with van der Waals surface area (Å²) in [6, 6.07) is 16.8. The average Bonchev–Trinajstić information content (AvgIpc) is 3.28. The Balaban J connectivity index is 1.57. The zero-order chi connectivity index (χ0) is 25.8. The molecule has 0 aliphatic carbocycles. The van der Waals surface area contributed by atoms with Crippen molar-refractivity contribution >= 4 is 29.2 Å². The molecule has 8 nitrogen and oxygen atoms in total. The first-order valence-electron chi connectivity index (χ1n) is 11.8. The van der Waals surface area contributed by atoms with Gasteiger partial charge in [0.05, 0.1) is 17.0 Å². The number of carboxylic acids is 1. The van der Waals surface area contributed by atoms with Crippen molar-refractivity contribution in [1.82, 2.24) is 14.5 Å². The zero-order valence-corrected chi connectivity index (χ0v) is 20.8. The Bertz CT molecular complexity index is 1430. The number of carboxylic acid groups (broad SMARTS) is 1. The molecule has 0 aliphatic rings. The lowest BCUT2D eigenvalue weighted by atomic mass is 10.1.